The Morgan fingerprint density at radius 3 is 2.94 bits per heavy atom. The van der Waals surface area contributed by atoms with Crippen LogP contribution in [0.3, 0.4) is 0 Å². The Balaban J connectivity index is 2.09. The number of carbonyl (C=O) groups excluding carboxylic acids is 1. The van der Waals surface area contributed by atoms with Crippen molar-refractivity contribution in [2.24, 2.45) is 0 Å². The van der Waals surface area contributed by atoms with Crippen LogP contribution in [0.5, 0.6) is 5.75 Å². The van der Waals surface area contributed by atoms with Crippen LogP contribution >= 0.6 is 11.6 Å². The molecule has 18 heavy (non-hydrogen) atoms. The molecular formula is C13H8ClNO3. The zero-order chi connectivity index (χ0) is 13.0. The van der Waals surface area contributed by atoms with E-state index in [-0.39, 0.29) is 23.9 Å². The first-order valence-electron chi connectivity index (χ1n) is 5.10. The Morgan fingerprint density at radius 2 is 2.28 bits per heavy atom. The van der Waals surface area contributed by atoms with Crippen LogP contribution in [-0.4, -0.2) is 12.4 Å². The quantitative estimate of drug-likeness (QED) is 0.794. The highest BCUT2D eigenvalue weighted by atomic mass is 35.5. The molecule has 90 valence electrons. The summed E-state index contributed by atoms with van der Waals surface area (Å²) in [6, 6.07) is 9.75. The molecule has 0 bridgehead atoms. The number of hydrogen-bond donors (Lipinski definition) is 0. The Bertz CT molecular complexity index is 599. The maximum Gasteiger partial charge on any atom is 0.235 e. The summed E-state index contributed by atoms with van der Waals surface area (Å²) >= 11 is 5.80. The predicted octanol–water partition coefficient (Wildman–Crippen LogP) is 3.07. The molecule has 2 aromatic rings. The second-order valence-electron chi connectivity index (χ2n) is 3.44. The number of ketones is 1. The van der Waals surface area contributed by atoms with E-state index in [0.29, 0.717) is 10.6 Å². The normalized spacial score (nSPS) is 9.78. The maximum atomic E-state index is 11.6. The van der Waals surface area contributed by atoms with Crippen LogP contribution in [0.1, 0.15) is 16.1 Å². The number of Topliss-reactive ketones (excluding diaryl/α,β-unsaturated/α-hetero) is 1. The fourth-order valence-electron chi connectivity index (χ4n) is 1.36. The predicted molar refractivity (Wildman–Crippen MR) is 64.7 cm³/mol. The van der Waals surface area contributed by atoms with Crippen LogP contribution in [0.25, 0.3) is 0 Å². The minimum Gasteiger partial charge on any atom is -0.484 e. The molecule has 0 aliphatic heterocycles. The monoisotopic (exact) mass is 261 g/mol. The van der Waals surface area contributed by atoms with Crippen molar-refractivity contribution >= 4 is 17.4 Å². The Labute approximate surface area is 108 Å². The molecular weight excluding hydrogens is 254 g/mol. The third kappa shape index (κ3) is 2.70. The minimum atomic E-state index is -0.302. The van der Waals surface area contributed by atoms with Crippen LogP contribution in [0.2, 0.25) is 5.02 Å². The highest BCUT2D eigenvalue weighted by molar-refractivity contribution is 6.30. The minimum absolute atomic E-state index is 0.206. The van der Waals surface area contributed by atoms with E-state index >= 15 is 0 Å². The average molecular weight is 262 g/mol. The number of furan rings is 1. The molecule has 0 fully saturated rings. The first kappa shape index (κ1) is 12.2. The first-order valence-corrected chi connectivity index (χ1v) is 5.47. The smallest absolute Gasteiger partial charge is 0.235 e. The fraction of sp³-hybridized carbons (Fsp3) is 0.0769. The van der Waals surface area contributed by atoms with Crippen molar-refractivity contribution in [1.29, 1.82) is 5.26 Å². The van der Waals surface area contributed by atoms with Gasteiger partial charge in [-0.25, -0.2) is 0 Å². The van der Waals surface area contributed by atoms with Gasteiger partial charge < -0.3 is 9.15 Å². The van der Waals surface area contributed by atoms with Gasteiger partial charge in [0.25, 0.3) is 0 Å². The molecule has 0 spiro atoms. The zero-order valence-electron chi connectivity index (χ0n) is 9.22. The summed E-state index contributed by atoms with van der Waals surface area (Å²) in [4.78, 5) is 11.6. The second kappa shape index (κ2) is 5.39. The number of benzene rings is 1. The van der Waals surface area contributed by atoms with E-state index in [2.05, 4.69) is 0 Å². The number of nitriles is 1. The number of carbonyl (C=O) groups is 1. The van der Waals surface area contributed by atoms with Gasteiger partial charge in [0.05, 0.1) is 11.8 Å². The molecule has 0 unspecified atom stereocenters. The van der Waals surface area contributed by atoms with Crippen molar-refractivity contribution in [3.63, 3.8) is 0 Å². The molecule has 1 aromatic carbocycles. The number of nitrogens with zero attached hydrogens (tertiary/aromatic N) is 1. The number of hydrogen-bond acceptors (Lipinski definition) is 4. The van der Waals surface area contributed by atoms with Crippen molar-refractivity contribution in [3.05, 3.63) is 52.9 Å². The molecule has 0 saturated heterocycles. The van der Waals surface area contributed by atoms with Crippen LogP contribution in [-0.2, 0) is 0 Å². The molecule has 2 rings (SSSR count). The lowest BCUT2D eigenvalue weighted by atomic mass is 10.2. The Kier molecular flexibility index (Phi) is 3.66. The Hall–Kier alpha value is -2.25. The molecule has 0 amide bonds. The molecule has 0 atom stereocenters. The van der Waals surface area contributed by atoms with E-state index in [1.165, 1.54) is 18.4 Å². The van der Waals surface area contributed by atoms with Gasteiger partial charge in [-0.2, -0.15) is 5.26 Å². The van der Waals surface area contributed by atoms with E-state index in [0.717, 1.165) is 0 Å². The van der Waals surface area contributed by atoms with Gasteiger partial charge in [0.1, 0.15) is 11.8 Å². The van der Waals surface area contributed by atoms with E-state index < -0.39 is 0 Å². The standard InChI is InChI=1S/C13H8ClNO3/c14-10-4-3-9(7-15)13(6-10)18-8-11(16)12-2-1-5-17-12/h1-6H,8H2. The van der Waals surface area contributed by atoms with Crippen molar-refractivity contribution in [2.45, 2.75) is 0 Å². The lowest BCUT2D eigenvalue weighted by Gasteiger charge is -2.06. The molecule has 5 heteroatoms. The van der Waals surface area contributed by atoms with Crippen molar-refractivity contribution in [2.75, 3.05) is 6.61 Å². The van der Waals surface area contributed by atoms with Gasteiger partial charge in [-0.1, -0.05) is 11.6 Å². The summed E-state index contributed by atoms with van der Waals surface area (Å²) in [5.41, 5.74) is 0.326. The number of ether oxygens (including phenoxy) is 1. The summed E-state index contributed by atoms with van der Waals surface area (Å²) in [5.74, 6) is 0.198. The third-order valence-electron chi connectivity index (χ3n) is 2.22. The fourth-order valence-corrected chi connectivity index (χ4v) is 1.52. The van der Waals surface area contributed by atoms with Gasteiger partial charge in [-0.3, -0.25) is 4.79 Å². The van der Waals surface area contributed by atoms with Crippen LogP contribution in [0.15, 0.2) is 41.0 Å². The molecule has 0 N–H and O–H groups in total. The summed E-state index contributed by atoms with van der Waals surface area (Å²) in [6.07, 6.45) is 1.41. The first-order chi connectivity index (χ1) is 8.70. The topological polar surface area (TPSA) is 63.2 Å². The summed E-state index contributed by atoms with van der Waals surface area (Å²) < 4.78 is 10.2. The molecule has 4 nitrogen and oxygen atoms in total. The van der Waals surface area contributed by atoms with Crippen molar-refractivity contribution in [3.8, 4) is 11.8 Å². The van der Waals surface area contributed by atoms with Crippen LogP contribution in [0, 0.1) is 11.3 Å². The van der Waals surface area contributed by atoms with Gasteiger partial charge in [0.15, 0.2) is 12.4 Å². The Morgan fingerprint density at radius 1 is 1.44 bits per heavy atom. The van der Waals surface area contributed by atoms with E-state index in [9.17, 15) is 4.79 Å². The van der Waals surface area contributed by atoms with Crippen molar-refractivity contribution in [1.82, 2.24) is 0 Å². The number of halogens is 1. The van der Waals surface area contributed by atoms with Gasteiger partial charge >= 0.3 is 0 Å². The van der Waals surface area contributed by atoms with E-state index in [4.69, 9.17) is 26.0 Å². The molecule has 0 radical (unpaired) electrons. The SMILES string of the molecule is N#Cc1ccc(Cl)cc1OCC(=O)c1ccco1. The van der Waals surface area contributed by atoms with Gasteiger partial charge in [-0.05, 0) is 24.3 Å². The molecule has 0 aliphatic rings. The largest absolute Gasteiger partial charge is 0.484 e. The lowest BCUT2D eigenvalue weighted by molar-refractivity contribution is 0.0893. The third-order valence-corrected chi connectivity index (χ3v) is 2.45. The molecule has 0 saturated carbocycles. The summed E-state index contributed by atoms with van der Waals surface area (Å²) in [5, 5.41) is 9.32. The zero-order valence-corrected chi connectivity index (χ0v) is 9.98. The summed E-state index contributed by atoms with van der Waals surface area (Å²) in [6.45, 7) is -0.206. The van der Waals surface area contributed by atoms with E-state index in [1.54, 1.807) is 18.2 Å². The molecule has 1 aromatic heterocycles. The molecule has 1 heterocycles. The highest BCUT2D eigenvalue weighted by Crippen LogP contribution is 2.22. The average Bonchev–Trinajstić information content (AvgIpc) is 2.90. The van der Waals surface area contributed by atoms with Gasteiger partial charge in [0, 0.05) is 11.1 Å². The molecule has 0 aliphatic carbocycles. The number of rotatable bonds is 4. The van der Waals surface area contributed by atoms with Crippen LogP contribution < -0.4 is 4.74 Å². The van der Waals surface area contributed by atoms with Gasteiger partial charge in [0.2, 0.25) is 5.78 Å². The highest BCUT2D eigenvalue weighted by Gasteiger charge is 2.11. The van der Waals surface area contributed by atoms with Crippen LogP contribution in [0.4, 0.5) is 0 Å². The lowest BCUT2D eigenvalue weighted by Crippen LogP contribution is -2.11. The summed E-state index contributed by atoms with van der Waals surface area (Å²) in [7, 11) is 0. The van der Waals surface area contributed by atoms with E-state index in [1.807, 2.05) is 6.07 Å². The maximum absolute atomic E-state index is 11.6. The second-order valence-corrected chi connectivity index (χ2v) is 3.88. The van der Waals surface area contributed by atoms with Gasteiger partial charge in [-0.15, -0.1) is 0 Å². The van der Waals surface area contributed by atoms with Crippen molar-refractivity contribution < 1.29 is 13.9 Å².